The van der Waals surface area contributed by atoms with Crippen molar-refractivity contribution in [1.29, 1.82) is 0 Å². The van der Waals surface area contributed by atoms with Gasteiger partial charge in [-0.1, -0.05) is 12.1 Å². The number of nitrogens with one attached hydrogen (secondary N) is 2. The maximum absolute atomic E-state index is 12.3. The fourth-order valence-electron chi connectivity index (χ4n) is 4.60. The number of rotatable bonds is 4. The lowest BCUT2D eigenvalue weighted by molar-refractivity contribution is 0.215. The molecule has 2 aromatic heterocycles. The predicted octanol–water partition coefficient (Wildman–Crippen LogP) is 2.09. The average molecular weight is 364 g/mol. The summed E-state index contributed by atoms with van der Waals surface area (Å²) >= 11 is 0. The number of aromatic nitrogens is 2. The molecule has 2 atom stereocenters. The molecule has 0 amide bonds. The van der Waals surface area contributed by atoms with Crippen LogP contribution >= 0.6 is 0 Å². The minimum Gasteiger partial charge on any atom is -0.496 e. The molecule has 2 aliphatic heterocycles. The molecule has 2 aliphatic rings. The quantitative estimate of drug-likeness (QED) is 0.744. The van der Waals surface area contributed by atoms with Crippen molar-refractivity contribution >= 4 is 10.9 Å². The molecule has 0 unspecified atom stereocenters. The summed E-state index contributed by atoms with van der Waals surface area (Å²) in [6.45, 7) is 3.12. The Morgan fingerprint density at radius 1 is 1.30 bits per heavy atom. The van der Waals surface area contributed by atoms with Gasteiger partial charge in [0.2, 0.25) is 0 Å². The SMILES string of the molecule is COc1cc(-c2cn(C)c(=O)c3[nH]ccc23)ccc1CN1C[C@@H]2C[C@H]1CN2. The lowest BCUT2D eigenvalue weighted by atomic mass is 10.0. The van der Waals surface area contributed by atoms with E-state index in [1.54, 1.807) is 18.7 Å². The molecule has 0 saturated carbocycles. The zero-order valence-corrected chi connectivity index (χ0v) is 15.7. The van der Waals surface area contributed by atoms with Crippen LogP contribution in [0.25, 0.3) is 22.0 Å². The highest BCUT2D eigenvalue weighted by atomic mass is 16.5. The summed E-state index contributed by atoms with van der Waals surface area (Å²) in [5.41, 5.74) is 3.92. The topological polar surface area (TPSA) is 62.3 Å². The average Bonchev–Trinajstić information content (AvgIpc) is 3.42. The molecule has 4 heterocycles. The Labute approximate surface area is 157 Å². The first-order chi connectivity index (χ1) is 13.1. The number of piperazine rings is 1. The normalized spacial score (nSPS) is 22.0. The van der Waals surface area contributed by atoms with Crippen molar-refractivity contribution in [2.24, 2.45) is 7.05 Å². The number of fused-ring (bicyclic) bond motifs is 3. The highest BCUT2D eigenvalue weighted by molar-refractivity contribution is 5.94. The monoisotopic (exact) mass is 364 g/mol. The van der Waals surface area contributed by atoms with E-state index in [9.17, 15) is 4.79 Å². The van der Waals surface area contributed by atoms with Crippen LogP contribution in [-0.2, 0) is 13.6 Å². The number of methoxy groups -OCH3 is 1. The van der Waals surface area contributed by atoms with Gasteiger partial charge in [0, 0.05) is 67.7 Å². The minimum absolute atomic E-state index is 0.0139. The maximum atomic E-state index is 12.3. The summed E-state index contributed by atoms with van der Waals surface area (Å²) in [6, 6.07) is 9.64. The van der Waals surface area contributed by atoms with E-state index in [2.05, 4.69) is 33.4 Å². The number of aryl methyl sites for hydroxylation is 1. The van der Waals surface area contributed by atoms with Gasteiger partial charge >= 0.3 is 0 Å². The van der Waals surface area contributed by atoms with E-state index in [1.807, 2.05) is 18.5 Å². The third-order valence-electron chi connectivity index (χ3n) is 6.04. The van der Waals surface area contributed by atoms with E-state index in [0.29, 0.717) is 17.6 Å². The van der Waals surface area contributed by atoms with Crippen LogP contribution in [0, 0.1) is 0 Å². The van der Waals surface area contributed by atoms with Crippen LogP contribution in [0.2, 0.25) is 0 Å². The van der Waals surface area contributed by atoms with E-state index in [-0.39, 0.29) is 5.56 Å². The van der Waals surface area contributed by atoms with Gasteiger partial charge in [0.05, 0.1) is 7.11 Å². The second kappa shape index (κ2) is 6.25. The summed E-state index contributed by atoms with van der Waals surface area (Å²) in [5, 5.41) is 4.49. The first-order valence-electron chi connectivity index (χ1n) is 9.45. The molecule has 2 saturated heterocycles. The lowest BCUT2D eigenvalue weighted by Crippen LogP contribution is -2.43. The number of pyridine rings is 1. The lowest BCUT2D eigenvalue weighted by Gasteiger charge is -2.28. The van der Waals surface area contributed by atoms with Crippen LogP contribution < -0.4 is 15.6 Å². The molecule has 2 bridgehead atoms. The number of nitrogens with zero attached hydrogens (tertiary/aromatic N) is 2. The summed E-state index contributed by atoms with van der Waals surface area (Å²) in [4.78, 5) is 17.9. The van der Waals surface area contributed by atoms with Gasteiger partial charge in [-0.2, -0.15) is 0 Å². The van der Waals surface area contributed by atoms with Crippen LogP contribution in [0.5, 0.6) is 5.75 Å². The summed E-state index contributed by atoms with van der Waals surface area (Å²) < 4.78 is 7.35. The number of aromatic amines is 1. The van der Waals surface area contributed by atoms with E-state index in [1.165, 1.54) is 12.0 Å². The third kappa shape index (κ3) is 2.67. The Hall–Kier alpha value is -2.57. The van der Waals surface area contributed by atoms with Crippen molar-refractivity contribution in [3.05, 3.63) is 52.6 Å². The fourth-order valence-corrected chi connectivity index (χ4v) is 4.60. The van der Waals surface area contributed by atoms with E-state index in [4.69, 9.17) is 4.74 Å². The zero-order chi connectivity index (χ0) is 18.5. The van der Waals surface area contributed by atoms with Crippen LogP contribution in [0.3, 0.4) is 0 Å². The Bertz CT molecular complexity index is 1070. The van der Waals surface area contributed by atoms with E-state index < -0.39 is 0 Å². The van der Waals surface area contributed by atoms with Gasteiger partial charge < -0.3 is 19.6 Å². The highest BCUT2D eigenvalue weighted by Gasteiger charge is 2.37. The first-order valence-corrected chi connectivity index (χ1v) is 9.45. The van der Waals surface area contributed by atoms with E-state index >= 15 is 0 Å². The molecule has 6 nitrogen and oxygen atoms in total. The van der Waals surface area contributed by atoms with Crippen molar-refractivity contribution in [2.45, 2.75) is 25.0 Å². The summed E-state index contributed by atoms with van der Waals surface area (Å²) in [5.74, 6) is 0.903. The standard InChI is InChI=1S/C21H24N4O2/c1-24-12-18(17-5-6-22-20(17)21(24)26)13-3-4-14(19(7-13)27-2)10-25-11-15-8-16(25)9-23-15/h3-7,12,15-16,22-23H,8-11H2,1-2H3/t15-,16-/m0/s1. The number of likely N-dealkylation sites (tertiary alicyclic amines) is 1. The molecular weight excluding hydrogens is 340 g/mol. The summed E-state index contributed by atoms with van der Waals surface area (Å²) in [7, 11) is 3.51. The smallest absolute Gasteiger partial charge is 0.274 e. The number of hydrogen-bond acceptors (Lipinski definition) is 4. The Kier molecular flexibility index (Phi) is 3.84. The second-order valence-electron chi connectivity index (χ2n) is 7.68. The molecule has 0 radical (unpaired) electrons. The van der Waals surface area contributed by atoms with Crippen molar-refractivity contribution in [3.63, 3.8) is 0 Å². The van der Waals surface area contributed by atoms with Gasteiger partial charge in [0.25, 0.3) is 5.56 Å². The molecule has 140 valence electrons. The number of hydrogen-bond donors (Lipinski definition) is 2. The number of ether oxygens (including phenoxy) is 1. The van der Waals surface area contributed by atoms with Crippen LogP contribution in [0.1, 0.15) is 12.0 Å². The van der Waals surface area contributed by atoms with Gasteiger partial charge in [0.15, 0.2) is 0 Å². The molecule has 5 rings (SSSR count). The molecule has 2 N–H and O–H groups in total. The predicted molar refractivity (Wildman–Crippen MR) is 106 cm³/mol. The molecule has 1 aromatic carbocycles. The van der Waals surface area contributed by atoms with Gasteiger partial charge in [-0.05, 0) is 24.1 Å². The summed E-state index contributed by atoms with van der Waals surface area (Å²) in [6.07, 6.45) is 4.97. The van der Waals surface area contributed by atoms with Crippen molar-refractivity contribution < 1.29 is 4.74 Å². The van der Waals surface area contributed by atoms with E-state index in [0.717, 1.165) is 41.9 Å². The Balaban J connectivity index is 1.52. The van der Waals surface area contributed by atoms with Crippen molar-refractivity contribution in [2.75, 3.05) is 20.2 Å². The van der Waals surface area contributed by atoms with Gasteiger partial charge in [-0.3, -0.25) is 9.69 Å². The highest BCUT2D eigenvalue weighted by Crippen LogP contribution is 2.33. The van der Waals surface area contributed by atoms with Gasteiger partial charge in [-0.25, -0.2) is 0 Å². The number of H-pyrrole nitrogens is 1. The van der Waals surface area contributed by atoms with Crippen molar-refractivity contribution in [1.82, 2.24) is 19.8 Å². The molecular formula is C21H24N4O2. The second-order valence-corrected chi connectivity index (χ2v) is 7.68. The molecule has 3 aromatic rings. The van der Waals surface area contributed by atoms with Crippen LogP contribution in [-0.4, -0.2) is 46.7 Å². The molecule has 2 fully saturated rings. The molecule has 0 aliphatic carbocycles. The molecule has 6 heteroatoms. The van der Waals surface area contributed by atoms with Crippen molar-refractivity contribution in [3.8, 4) is 16.9 Å². The van der Waals surface area contributed by atoms with Crippen LogP contribution in [0.15, 0.2) is 41.5 Å². The molecule has 27 heavy (non-hydrogen) atoms. The van der Waals surface area contributed by atoms with Gasteiger partial charge in [0.1, 0.15) is 11.3 Å². The number of benzene rings is 1. The third-order valence-corrected chi connectivity index (χ3v) is 6.04. The Morgan fingerprint density at radius 2 is 2.19 bits per heavy atom. The maximum Gasteiger partial charge on any atom is 0.274 e. The first kappa shape index (κ1) is 16.6. The zero-order valence-electron chi connectivity index (χ0n) is 15.7. The Morgan fingerprint density at radius 3 is 2.93 bits per heavy atom. The largest absolute Gasteiger partial charge is 0.496 e. The van der Waals surface area contributed by atoms with Crippen LogP contribution in [0.4, 0.5) is 0 Å². The molecule has 0 spiro atoms. The fraction of sp³-hybridized carbons (Fsp3) is 0.381. The van der Waals surface area contributed by atoms with Gasteiger partial charge in [-0.15, -0.1) is 0 Å². The minimum atomic E-state index is -0.0139.